The van der Waals surface area contributed by atoms with Gasteiger partial charge in [0.25, 0.3) is 0 Å². The molecule has 0 saturated carbocycles. The molecule has 0 aliphatic carbocycles. The standard InChI is InChI=1S/C14H23ClN4.ClH/c1-18-14(12(15)9-17-18)10-19-7-4-11(5-8-19)13-3-2-6-16-13;/h9,11,13,16H,2-8,10H2,1H3;1H. The van der Waals surface area contributed by atoms with Gasteiger partial charge in [0, 0.05) is 19.6 Å². The normalized spacial score (nSPS) is 24.8. The van der Waals surface area contributed by atoms with E-state index in [9.17, 15) is 0 Å². The van der Waals surface area contributed by atoms with Crippen LogP contribution in [0.15, 0.2) is 6.20 Å². The van der Waals surface area contributed by atoms with Crippen molar-refractivity contribution in [2.24, 2.45) is 13.0 Å². The van der Waals surface area contributed by atoms with Crippen LogP contribution in [0.4, 0.5) is 0 Å². The molecule has 0 bridgehead atoms. The Morgan fingerprint density at radius 2 is 2.10 bits per heavy atom. The minimum Gasteiger partial charge on any atom is -0.314 e. The van der Waals surface area contributed by atoms with Gasteiger partial charge >= 0.3 is 0 Å². The molecule has 2 aliphatic heterocycles. The third-order valence-corrected chi connectivity index (χ3v) is 5.00. The molecule has 1 N–H and O–H groups in total. The Bertz CT molecular complexity index is 401. The minimum atomic E-state index is 0. The molecule has 0 spiro atoms. The van der Waals surface area contributed by atoms with E-state index in [2.05, 4.69) is 15.3 Å². The first kappa shape index (κ1) is 16.1. The van der Waals surface area contributed by atoms with Crippen LogP contribution in [-0.2, 0) is 13.6 Å². The number of aryl methyl sites for hydroxylation is 1. The summed E-state index contributed by atoms with van der Waals surface area (Å²) in [7, 11) is 1.97. The lowest BCUT2D eigenvalue weighted by atomic mass is 9.88. The second-order valence-corrected chi connectivity index (χ2v) is 6.29. The van der Waals surface area contributed by atoms with Crippen molar-refractivity contribution >= 4 is 24.0 Å². The Kier molecular flexibility index (Phi) is 5.73. The maximum absolute atomic E-state index is 6.18. The van der Waals surface area contributed by atoms with E-state index < -0.39 is 0 Å². The smallest absolute Gasteiger partial charge is 0.0831 e. The molecule has 6 heteroatoms. The lowest BCUT2D eigenvalue weighted by molar-refractivity contribution is 0.154. The summed E-state index contributed by atoms with van der Waals surface area (Å²) in [4.78, 5) is 2.51. The monoisotopic (exact) mass is 318 g/mol. The molecule has 0 aromatic carbocycles. The average Bonchev–Trinajstić information content (AvgIpc) is 3.05. The summed E-state index contributed by atoms with van der Waals surface area (Å²) in [5.74, 6) is 0.876. The van der Waals surface area contributed by atoms with E-state index in [1.807, 2.05) is 11.7 Å². The van der Waals surface area contributed by atoms with Crippen LogP contribution in [0.1, 0.15) is 31.4 Å². The van der Waals surface area contributed by atoms with Crippen molar-refractivity contribution in [3.8, 4) is 0 Å². The zero-order valence-electron chi connectivity index (χ0n) is 12.0. The summed E-state index contributed by atoms with van der Waals surface area (Å²) in [6, 6.07) is 0.780. The zero-order valence-corrected chi connectivity index (χ0v) is 13.6. The third kappa shape index (κ3) is 3.48. The second-order valence-electron chi connectivity index (χ2n) is 5.88. The summed E-state index contributed by atoms with van der Waals surface area (Å²) < 4.78 is 1.90. The maximum Gasteiger partial charge on any atom is 0.0831 e. The fourth-order valence-corrected chi connectivity index (χ4v) is 3.68. The van der Waals surface area contributed by atoms with Crippen molar-refractivity contribution in [2.45, 2.75) is 38.3 Å². The first-order valence-electron chi connectivity index (χ1n) is 7.36. The molecule has 2 saturated heterocycles. The predicted molar refractivity (Wildman–Crippen MR) is 84.5 cm³/mol. The summed E-state index contributed by atoms with van der Waals surface area (Å²) >= 11 is 6.18. The van der Waals surface area contributed by atoms with Gasteiger partial charge in [-0.2, -0.15) is 5.10 Å². The van der Waals surface area contributed by atoms with Gasteiger partial charge in [0.1, 0.15) is 0 Å². The van der Waals surface area contributed by atoms with Crippen LogP contribution in [0.25, 0.3) is 0 Å². The average molecular weight is 319 g/mol. The molecule has 2 aliphatic rings. The van der Waals surface area contributed by atoms with Crippen LogP contribution >= 0.6 is 24.0 Å². The third-order valence-electron chi connectivity index (χ3n) is 4.68. The Morgan fingerprint density at radius 3 is 2.65 bits per heavy atom. The molecule has 3 heterocycles. The Balaban J connectivity index is 0.00000147. The number of nitrogens with zero attached hydrogens (tertiary/aromatic N) is 3. The minimum absolute atomic E-state index is 0. The van der Waals surface area contributed by atoms with Crippen molar-refractivity contribution in [1.29, 1.82) is 0 Å². The van der Waals surface area contributed by atoms with E-state index in [-0.39, 0.29) is 12.4 Å². The van der Waals surface area contributed by atoms with E-state index in [0.29, 0.717) is 0 Å². The summed E-state index contributed by atoms with van der Waals surface area (Å²) in [6.07, 6.45) is 7.10. The molecule has 114 valence electrons. The summed E-state index contributed by atoms with van der Waals surface area (Å²) in [6.45, 7) is 4.52. The van der Waals surface area contributed by atoms with Crippen molar-refractivity contribution in [3.05, 3.63) is 16.9 Å². The van der Waals surface area contributed by atoms with Gasteiger partial charge in [-0.25, -0.2) is 0 Å². The van der Waals surface area contributed by atoms with Gasteiger partial charge < -0.3 is 5.32 Å². The van der Waals surface area contributed by atoms with Gasteiger partial charge in [-0.15, -0.1) is 12.4 Å². The largest absolute Gasteiger partial charge is 0.314 e. The SMILES string of the molecule is Cl.Cn1ncc(Cl)c1CN1CCC(C2CCCN2)CC1. The zero-order chi connectivity index (χ0) is 13.2. The molecule has 0 amide bonds. The Morgan fingerprint density at radius 1 is 1.35 bits per heavy atom. The van der Waals surface area contributed by atoms with E-state index in [4.69, 9.17) is 11.6 Å². The number of likely N-dealkylation sites (tertiary alicyclic amines) is 1. The second kappa shape index (κ2) is 7.12. The van der Waals surface area contributed by atoms with Gasteiger partial charge in [0.2, 0.25) is 0 Å². The van der Waals surface area contributed by atoms with Gasteiger partial charge in [-0.1, -0.05) is 11.6 Å². The lowest BCUT2D eigenvalue weighted by Crippen LogP contribution is -2.40. The van der Waals surface area contributed by atoms with Crippen LogP contribution in [0, 0.1) is 5.92 Å². The number of aromatic nitrogens is 2. The molecular formula is C14H24Cl2N4. The van der Waals surface area contributed by atoms with Gasteiger partial charge in [0.05, 0.1) is 16.9 Å². The van der Waals surface area contributed by atoms with Crippen LogP contribution < -0.4 is 5.32 Å². The molecule has 2 fully saturated rings. The number of halogens is 2. The molecule has 1 unspecified atom stereocenters. The number of nitrogens with one attached hydrogen (secondary N) is 1. The van der Waals surface area contributed by atoms with Crippen molar-refractivity contribution in [2.75, 3.05) is 19.6 Å². The van der Waals surface area contributed by atoms with E-state index >= 15 is 0 Å². The molecule has 1 atom stereocenters. The Hall–Kier alpha value is -0.290. The Labute approximate surface area is 132 Å². The topological polar surface area (TPSA) is 33.1 Å². The van der Waals surface area contributed by atoms with Gasteiger partial charge in [-0.3, -0.25) is 9.58 Å². The highest BCUT2D eigenvalue weighted by atomic mass is 35.5. The van der Waals surface area contributed by atoms with Gasteiger partial charge in [0.15, 0.2) is 0 Å². The molecule has 4 nitrogen and oxygen atoms in total. The molecule has 1 aromatic rings. The quantitative estimate of drug-likeness (QED) is 0.929. The molecule has 20 heavy (non-hydrogen) atoms. The van der Waals surface area contributed by atoms with Crippen molar-refractivity contribution in [3.63, 3.8) is 0 Å². The summed E-state index contributed by atoms with van der Waals surface area (Å²) in [5, 5.41) is 8.65. The highest BCUT2D eigenvalue weighted by Crippen LogP contribution is 2.27. The fraction of sp³-hybridized carbons (Fsp3) is 0.786. The highest BCUT2D eigenvalue weighted by Gasteiger charge is 2.28. The highest BCUT2D eigenvalue weighted by molar-refractivity contribution is 6.31. The van der Waals surface area contributed by atoms with Crippen LogP contribution in [0.3, 0.4) is 0 Å². The van der Waals surface area contributed by atoms with E-state index in [1.54, 1.807) is 6.20 Å². The van der Waals surface area contributed by atoms with Crippen LogP contribution in [0.2, 0.25) is 5.02 Å². The van der Waals surface area contributed by atoms with E-state index in [1.165, 1.54) is 45.3 Å². The maximum atomic E-state index is 6.18. The number of rotatable bonds is 3. The summed E-state index contributed by atoms with van der Waals surface area (Å²) in [5.41, 5.74) is 1.14. The number of piperidine rings is 1. The number of hydrogen-bond donors (Lipinski definition) is 1. The molecule has 3 rings (SSSR count). The predicted octanol–water partition coefficient (Wildman–Crippen LogP) is 2.46. The lowest BCUT2D eigenvalue weighted by Gasteiger charge is -2.34. The fourth-order valence-electron chi connectivity index (χ4n) is 3.45. The number of hydrogen-bond acceptors (Lipinski definition) is 3. The van der Waals surface area contributed by atoms with E-state index in [0.717, 1.165) is 29.2 Å². The molecule has 1 aromatic heterocycles. The first-order valence-corrected chi connectivity index (χ1v) is 7.74. The first-order chi connectivity index (χ1) is 9.24. The molecular weight excluding hydrogens is 295 g/mol. The van der Waals surface area contributed by atoms with Gasteiger partial charge in [-0.05, 0) is 51.2 Å². The van der Waals surface area contributed by atoms with Crippen molar-refractivity contribution < 1.29 is 0 Å². The molecule has 0 radical (unpaired) electrons. The van der Waals surface area contributed by atoms with Crippen LogP contribution in [-0.4, -0.2) is 40.4 Å². The van der Waals surface area contributed by atoms with Crippen molar-refractivity contribution in [1.82, 2.24) is 20.0 Å². The van der Waals surface area contributed by atoms with Crippen LogP contribution in [0.5, 0.6) is 0 Å².